The topological polar surface area (TPSA) is 12.9 Å². The van der Waals surface area contributed by atoms with Gasteiger partial charge in [-0.05, 0) is 19.0 Å². The summed E-state index contributed by atoms with van der Waals surface area (Å²) in [5.41, 5.74) is -1.60. The minimum atomic E-state index is -4.63. The van der Waals surface area contributed by atoms with Crippen molar-refractivity contribution in [3.05, 3.63) is 28.5 Å². The maximum atomic E-state index is 12.2. The van der Waals surface area contributed by atoms with E-state index in [2.05, 4.69) is 4.98 Å². The normalized spacial score (nSPS) is 16.5. The smallest absolute Gasteiger partial charge is 0.241 e. The van der Waals surface area contributed by atoms with Crippen LogP contribution in [-0.2, 0) is 6.18 Å². The highest BCUT2D eigenvalue weighted by Gasteiger charge is 2.33. The van der Waals surface area contributed by atoms with Crippen molar-refractivity contribution in [2.24, 2.45) is 0 Å². The van der Waals surface area contributed by atoms with E-state index in [-0.39, 0.29) is 0 Å². The summed E-state index contributed by atoms with van der Waals surface area (Å²) in [7, 11) is 0. The molecule has 0 amide bonds. The van der Waals surface area contributed by atoms with Crippen LogP contribution in [0.25, 0.3) is 0 Å². The number of aromatic nitrogens is 1. The third-order valence-electron chi connectivity index (χ3n) is 1.15. The Balaban J connectivity index is 3.21. The van der Waals surface area contributed by atoms with E-state index in [4.69, 9.17) is 15.7 Å². The Hall–Kier alpha value is -0.770. The summed E-state index contributed by atoms with van der Waals surface area (Å²) in [4.78, 5) is 3.19. The Labute approximate surface area is 76.4 Å². The highest BCUT2D eigenvalue weighted by molar-refractivity contribution is 6.30. The van der Waals surface area contributed by atoms with Gasteiger partial charge in [0.25, 0.3) is 0 Å². The quantitative estimate of drug-likeness (QED) is 0.584. The van der Waals surface area contributed by atoms with Gasteiger partial charge < -0.3 is 0 Å². The Morgan fingerprint density at radius 1 is 1.50 bits per heavy atom. The predicted octanol–water partition coefficient (Wildman–Crippen LogP) is 3.06. The van der Waals surface area contributed by atoms with Crippen molar-refractivity contribution in [3.8, 4) is 0 Å². The van der Waals surface area contributed by atoms with Crippen LogP contribution in [0.4, 0.5) is 13.2 Å². The standard InChI is InChI=1S/C7H5ClF3N/c1-4-2-3-5(6(8)12-4)7(9,10)11/h2-3H,1H3/i1D3. The average molecular weight is 199 g/mol. The van der Waals surface area contributed by atoms with Crippen LogP contribution < -0.4 is 0 Å². The van der Waals surface area contributed by atoms with E-state index in [1.807, 2.05) is 0 Å². The minimum Gasteiger partial charge on any atom is -0.241 e. The van der Waals surface area contributed by atoms with E-state index in [0.29, 0.717) is 6.07 Å². The molecule has 66 valence electrons. The number of alkyl halides is 3. The fourth-order valence-electron chi connectivity index (χ4n) is 0.646. The molecule has 0 aliphatic rings. The Morgan fingerprint density at radius 3 is 2.58 bits per heavy atom. The lowest BCUT2D eigenvalue weighted by Gasteiger charge is -2.07. The summed E-state index contributed by atoms with van der Waals surface area (Å²) in [6.07, 6.45) is -4.63. The van der Waals surface area contributed by atoms with Crippen molar-refractivity contribution in [3.63, 3.8) is 0 Å². The van der Waals surface area contributed by atoms with Crippen molar-refractivity contribution >= 4 is 11.6 Å². The van der Waals surface area contributed by atoms with Crippen LogP contribution in [0.1, 0.15) is 15.4 Å². The van der Waals surface area contributed by atoms with Gasteiger partial charge in [-0.1, -0.05) is 11.6 Å². The Morgan fingerprint density at radius 2 is 2.17 bits per heavy atom. The molecule has 0 fully saturated rings. The summed E-state index contributed by atoms with van der Waals surface area (Å²) < 4.78 is 57.4. The van der Waals surface area contributed by atoms with Crippen molar-refractivity contribution < 1.29 is 17.3 Å². The van der Waals surface area contributed by atoms with E-state index in [1.165, 1.54) is 0 Å². The van der Waals surface area contributed by atoms with Crippen molar-refractivity contribution in [2.75, 3.05) is 0 Å². The van der Waals surface area contributed by atoms with Gasteiger partial charge in [0.2, 0.25) is 0 Å². The van der Waals surface area contributed by atoms with E-state index < -0.39 is 29.4 Å². The van der Waals surface area contributed by atoms with Gasteiger partial charge in [0.1, 0.15) is 5.15 Å². The van der Waals surface area contributed by atoms with Gasteiger partial charge in [-0.25, -0.2) is 4.98 Å². The molecule has 1 heterocycles. The lowest BCUT2D eigenvalue weighted by Crippen LogP contribution is -2.06. The predicted molar refractivity (Wildman–Crippen MR) is 39.0 cm³/mol. The molecule has 0 saturated heterocycles. The fourth-order valence-corrected chi connectivity index (χ4v) is 0.907. The van der Waals surface area contributed by atoms with Crippen molar-refractivity contribution in [1.82, 2.24) is 4.98 Å². The average Bonchev–Trinajstić information content (AvgIpc) is 1.99. The lowest BCUT2D eigenvalue weighted by molar-refractivity contribution is -0.137. The molecule has 0 aliphatic carbocycles. The molecular weight excluding hydrogens is 191 g/mol. The first-order valence-corrected chi connectivity index (χ1v) is 3.24. The van der Waals surface area contributed by atoms with Crippen molar-refractivity contribution in [2.45, 2.75) is 13.0 Å². The first-order chi connectivity index (χ1) is 6.62. The summed E-state index contributed by atoms with van der Waals surface area (Å²) in [6.45, 7) is -2.56. The molecule has 0 atom stereocenters. The summed E-state index contributed by atoms with van der Waals surface area (Å²) >= 11 is 5.24. The largest absolute Gasteiger partial charge is 0.419 e. The molecular formula is C7H5ClF3N. The third kappa shape index (κ3) is 1.88. The molecule has 12 heavy (non-hydrogen) atoms. The number of aryl methyl sites for hydroxylation is 1. The van der Waals surface area contributed by atoms with Gasteiger partial charge in [0, 0.05) is 9.81 Å². The third-order valence-corrected chi connectivity index (χ3v) is 1.44. The second-order valence-electron chi connectivity index (χ2n) is 2.03. The van der Waals surface area contributed by atoms with Gasteiger partial charge >= 0.3 is 6.18 Å². The number of rotatable bonds is 0. The number of hydrogen-bond acceptors (Lipinski definition) is 1. The second-order valence-corrected chi connectivity index (χ2v) is 2.39. The minimum absolute atomic E-state index is 0.458. The molecule has 1 rings (SSSR count). The molecule has 0 bridgehead atoms. The van der Waals surface area contributed by atoms with Crippen LogP contribution in [0.3, 0.4) is 0 Å². The monoisotopic (exact) mass is 198 g/mol. The highest BCUT2D eigenvalue weighted by Crippen LogP contribution is 2.33. The van der Waals surface area contributed by atoms with Crippen LogP contribution in [-0.4, -0.2) is 4.98 Å². The number of nitrogens with zero attached hydrogens (tertiary/aromatic N) is 1. The Kier molecular flexibility index (Phi) is 1.42. The summed E-state index contributed by atoms with van der Waals surface area (Å²) in [5, 5.41) is -0.851. The van der Waals surface area contributed by atoms with Crippen LogP contribution in [0.15, 0.2) is 12.1 Å². The Bertz CT molecular complexity index is 375. The lowest BCUT2D eigenvalue weighted by atomic mass is 10.2. The molecule has 1 nitrogen and oxygen atoms in total. The number of pyridine rings is 1. The number of hydrogen-bond donors (Lipinski definition) is 0. The van der Waals surface area contributed by atoms with Gasteiger partial charge in [-0.3, -0.25) is 0 Å². The summed E-state index contributed by atoms with van der Waals surface area (Å²) in [5.74, 6) is 0. The zero-order valence-corrected chi connectivity index (χ0v) is 6.37. The van der Waals surface area contributed by atoms with E-state index in [0.717, 1.165) is 6.07 Å². The maximum Gasteiger partial charge on any atom is 0.419 e. The van der Waals surface area contributed by atoms with E-state index in [1.54, 1.807) is 0 Å². The van der Waals surface area contributed by atoms with Gasteiger partial charge in [0.05, 0.1) is 5.56 Å². The van der Waals surface area contributed by atoms with E-state index >= 15 is 0 Å². The van der Waals surface area contributed by atoms with E-state index in [9.17, 15) is 13.2 Å². The van der Waals surface area contributed by atoms with Crippen molar-refractivity contribution in [1.29, 1.82) is 0 Å². The van der Waals surface area contributed by atoms with Crippen LogP contribution >= 0.6 is 11.6 Å². The molecule has 0 aliphatic heterocycles. The second kappa shape index (κ2) is 2.94. The maximum absolute atomic E-state index is 12.2. The first kappa shape index (κ1) is 5.80. The number of halogens is 4. The van der Waals surface area contributed by atoms with Gasteiger partial charge in [-0.15, -0.1) is 0 Å². The molecule has 0 aromatic carbocycles. The molecule has 0 unspecified atom stereocenters. The molecule has 1 aromatic rings. The zero-order chi connectivity index (χ0) is 11.9. The molecule has 5 heteroatoms. The molecule has 0 saturated carbocycles. The van der Waals surface area contributed by atoms with Gasteiger partial charge in [0.15, 0.2) is 0 Å². The SMILES string of the molecule is [2H]C([2H])([2H])c1ccc(C(F)(F)F)c(Cl)n1. The van der Waals surface area contributed by atoms with Crippen LogP contribution in [0.2, 0.25) is 5.15 Å². The highest BCUT2D eigenvalue weighted by atomic mass is 35.5. The zero-order valence-electron chi connectivity index (χ0n) is 8.61. The molecule has 0 radical (unpaired) electrons. The first-order valence-electron chi connectivity index (χ1n) is 4.36. The summed E-state index contributed by atoms with van der Waals surface area (Å²) in [6, 6.07) is 1.40. The molecule has 1 aromatic heterocycles. The fraction of sp³-hybridized carbons (Fsp3) is 0.286. The molecule has 0 N–H and O–H groups in total. The molecule has 0 spiro atoms. The van der Waals surface area contributed by atoms with Crippen LogP contribution in [0, 0.1) is 6.85 Å². The van der Waals surface area contributed by atoms with Crippen LogP contribution in [0.5, 0.6) is 0 Å². The van der Waals surface area contributed by atoms with Gasteiger partial charge in [-0.2, -0.15) is 13.2 Å².